The summed E-state index contributed by atoms with van der Waals surface area (Å²) in [5.74, 6) is -1.35. The fourth-order valence-corrected chi connectivity index (χ4v) is 1.40. The first-order valence-electron chi connectivity index (χ1n) is 6.10. The molecule has 0 radical (unpaired) electrons. The van der Waals surface area contributed by atoms with Gasteiger partial charge in [-0.2, -0.15) is 0 Å². The Bertz CT molecular complexity index is 256. The molecule has 0 aromatic carbocycles. The molecule has 17 heavy (non-hydrogen) atoms. The van der Waals surface area contributed by atoms with Crippen molar-refractivity contribution in [2.75, 3.05) is 20.1 Å². The number of amides is 1. The summed E-state index contributed by atoms with van der Waals surface area (Å²) in [6.45, 7) is 6.55. The average Bonchev–Trinajstić information content (AvgIpc) is 2.27. The highest BCUT2D eigenvalue weighted by molar-refractivity contribution is 5.81. The minimum atomic E-state index is -0.838. The number of likely N-dealkylation sites (N-methyl/N-ethyl adjacent to an activating group) is 1. The molecule has 0 fully saturated rings. The topological polar surface area (TPSA) is 69.6 Å². The van der Waals surface area contributed by atoms with Gasteiger partial charge >= 0.3 is 5.97 Å². The van der Waals surface area contributed by atoms with Gasteiger partial charge in [0.25, 0.3) is 0 Å². The summed E-state index contributed by atoms with van der Waals surface area (Å²) in [4.78, 5) is 24.2. The van der Waals surface area contributed by atoms with E-state index in [-0.39, 0.29) is 11.9 Å². The van der Waals surface area contributed by atoms with E-state index in [1.165, 1.54) is 0 Å². The third-order valence-corrected chi connectivity index (χ3v) is 2.85. The van der Waals surface area contributed by atoms with Gasteiger partial charge in [-0.05, 0) is 20.4 Å². The zero-order chi connectivity index (χ0) is 13.4. The molecule has 0 aromatic heterocycles. The maximum atomic E-state index is 11.7. The van der Waals surface area contributed by atoms with E-state index >= 15 is 0 Å². The second-order valence-electron chi connectivity index (χ2n) is 4.50. The smallest absolute Gasteiger partial charge is 0.307 e. The maximum absolute atomic E-state index is 11.7. The minimum absolute atomic E-state index is 0.0430. The number of rotatable bonds is 8. The molecule has 0 aliphatic heterocycles. The van der Waals surface area contributed by atoms with Gasteiger partial charge in [0.15, 0.2) is 0 Å². The minimum Gasteiger partial charge on any atom is -0.481 e. The molecule has 2 unspecified atom stereocenters. The monoisotopic (exact) mass is 244 g/mol. The summed E-state index contributed by atoms with van der Waals surface area (Å²) in [5, 5.41) is 11.6. The number of nitrogens with one attached hydrogen (secondary N) is 1. The van der Waals surface area contributed by atoms with Gasteiger partial charge in [0, 0.05) is 13.1 Å². The first-order chi connectivity index (χ1) is 7.90. The van der Waals surface area contributed by atoms with Crippen molar-refractivity contribution in [1.29, 1.82) is 0 Å². The van der Waals surface area contributed by atoms with Crippen LogP contribution in [0.1, 0.15) is 33.6 Å². The van der Waals surface area contributed by atoms with Crippen LogP contribution in [0.25, 0.3) is 0 Å². The van der Waals surface area contributed by atoms with Crippen molar-refractivity contribution in [3.05, 3.63) is 0 Å². The molecule has 5 nitrogen and oxygen atoms in total. The van der Waals surface area contributed by atoms with E-state index < -0.39 is 11.9 Å². The Balaban J connectivity index is 4.06. The molecule has 0 spiro atoms. The number of aliphatic carboxylic acids is 1. The number of carboxylic acids is 1. The second kappa shape index (κ2) is 8.06. The fourth-order valence-electron chi connectivity index (χ4n) is 1.40. The van der Waals surface area contributed by atoms with Crippen LogP contribution in [0.3, 0.4) is 0 Å². The highest BCUT2D eigenvalue weighted by Crippen LogP contribution is 2.03. The summed E-state index contributed by atoms with van der Waals surface area (Å²) in [6, 6.07) is -0.298. The van der Waals surface area contributed by atoms with Crippen LogP contribution in [0, 0.1) is 5.92 Å². The van der Waals surface area contributed by atoms with Gasteiger partial charge in [-0.3, -0.25) is 14.5 Å². The number of hydrogen-bond donors (Lipinski definition) is 2. The van der Waals surface area contributed by atoms with Crippen molar-refractivity contribution < 1.29 is 14.7 Å². The van der Waals surface area contributed by atoms with E-state index in [9.17, 15) is 9.59 Å². The zero-order valence-corrected chi connectivity index (χ0v) is 11.2. The van der Waals surface area contributed by atoms with Crippen LogP contribution in [0.4, 0.5) is 0 Å². The van der Waals surface area contributed by atoms with E-state index in [1.54, 1.807) is 25.8 Å². The molecule has 100 valence electrons. The summed E-state index contributed by atoms with van der Waals surface area (Å²) in [7, 11) is 1.77. The number of carbonyl (C=O) groups excluding carboxylic acids is 1. The highest BCUT2D eigenvalue weighted by atomic mass is 16.4. The van der Waals surface area contributed by atoms with Crippen LogP contribution >= 0.6 is 0 Å². The lowest BCUT2D eigenvalue weighted by molar-refractivity contribution is -0.142. The molecule has 2 atom stereocenters. The summed E-state index contributed by atoms with van der Waals surface area (Å²) in [6.07, 6.45) is 2.01. The summed E-state index contributed by atoms with van der Waals surface area (Å²) < 4.78 is 0. The Morgan fingerprint density at radius 3 is 2.41 bits per heavy atom. The predicted molar refractivity (Wildman–Crippen MR) is 66.8 cm³/mol. The predicted octanol–water partition coefficient (Wildman–Crippen LogP) is 0.944. The van der Waals surface area contributed by atoms with Crippen LogP contribution in [-0.4, -0.2) is 48.1 Å². The van der Waals surface area contributed by atoms with Gasteiger partial charge in [-0.15, -0.1) is 0 Å². The maximum Gasteiger partial charge on any atom is 0.307 e. The molecular weight excluding hydrogens is 220 g/mol. The van der Waals surface area contributed by atoms with Gasteiger partial charge < -0.3 is 10.4 Å². The van der Waals surface area contributed by atoms with Crippen LogP contribution < -0.4 is 5.32 Å². The Labute approximate surface area is 103 Å². The lowest BCUT2D eigenvalue weighted by atomic mass is 10.1. The van der Waals surface area contributed by atoms with Gasteiger partial charge in [-0.25, -0.2) is 0 Å². The van der Waals surface area contributed by atoms with E-state index in [2.05, 4.69) is 12.2 Å². The Hall–Kier alpha value is -1.10. The van der Waals surface area contributed by atoms with Crippen LogP contribution in [0.15, 0.2) is 0 Å². The molecule has 0 aromatic rings. The first kappa shape index (κ1) is 15.9. The summed E-state index contributed by atoms with van der Waals surface area (Å²) in [5.41, 5.74) is 0. The quantitative estimate of drug-likeness (QED) is 0.624. The molecule has 0 aliphatic carbocycles. The standard InChI is InChI=1S/C12H24N2O3/c1-5-6-7-13-11(15)10(3)14(4)8-9(2)12(16)17/h9-10H,5-8H2,1-4H3,(H,13,15)(H,16,17). The lowest BCUT2D eigenvalue weighted by Gasteiger charge is -2.25. The van der Waals surface area contributed by atoms with Gasteiger partial charge in [0.1, 0.15) is 0 Å². The Morgan fingerprint density at radius 2 is 1.94 bits per heavy atom. The molecule has 0 bridgehead atoms. The molecule has 5 heteroatoms. The van der Waals surface area contributed by atoms with E-state index in [0.29, 0.717) is 13.1 Å². The molecule has 0 aliphatic rings. The molecule has 0 rings (SSSR count). The van der Waals surface area contributed by atoms with Crippen LogP contribution in [0.2, 0.25) is 0 Å². The summed E-state index contributed by atoms with van der Waals surface area (Å²) >= 11 is 0. The number of carbonyl (C=O) groups is 2. The largest absolute Gasteiger partial charge is 0.481 e. The molecular formula is C12H24N2O3. The van der Waals surface area contributed by atoms with Gasteiger partial charge in [0.2, 0.25) is 5.91 Å². The van der Waals surface area contributed by atoms with E-state index in [1.807, 2.05) is 0 Å². The molecule has 0 saturated heterocycles. The third-order valence-electron chi connectivity index (χ3n) is 2.85. The Morgan fingerprint density at radius 1 is 1.35 bits per heavy atom. The lowest BCUT2D eigenvalue weighted by Crippen LogP contribution is -2.45. The molecule has 2 N–H and O–H groups in total. The van der Waals surface area contributed by atoms with Crippen LogP contribution in [-0.2, 0) is 9.59 Å². The zero-order valence-electron chi connectivity index (χ0n) is 11.2. The van der Waals surface area contributed by atoms with Crippen molar-refractivity contribution >= 4 is 11.9 Å². The Kier molecular flexibility index (Phi) is 7.54. The van der Waals surface area contributed by atoms with Gasteiger partial charge in [-0.1, -0.05) is 20.3 Å². The third kappa shape index (κ3) is 6.26. The highest BCUT2D eigenvalue weighted by Gasteiger charge is 2.21. The van der Waals surface area contributed by atoms with Crippen molar-refractivity contribution in [2.45, 2.75) is 39.7 Å². The number of carboxylic acid groups (broad SMARTS) is 1. The average molecular weight is 244 g/mol. The number of unbranched alkanes of at least 4 members (excludes halogenated alkanes) is 1. The van der Waals surface area contributed by atoms with Crippen molar-refractivity contribution in [3.63, 3.8) is 0 Å². The van der Waals surface area contributed by atoms with Crippen molar-refractivity contribution in [3.8, 4) is 0 Å². The van der Waals surface area contributed by atoms with E-state index in [4.69, 9.17) is 5.11 Å². The fraction of sp³-hybridized carbons (Fsp3) is 0.833. The normalized spacial score (nSPS) is 14.4. The molecule has 0 saturated carbocycles. The first-order valence-corrected chi connectivity index (χ1v) is 6.10. The second-order valence-corrected chi connectivity index (χ2v) is 4.50. The number of hydrogen-bond acceptors (Lipinski definition) is 3. The number of nitrogens with zero attached hydrogens (tertiary/aromatic N) is 1. The van der Waals surface area contributed by atoms with E-state index in [0.717, 1.165) is 12.8 Å². The van der Waals surface area contributed by atoms with Crippen LogP contribution in [0.5, 0.6) is 0 Å². The van der Waals surface area contributed by atoms with Crippen molar-refractivity contribution in [1.82, 2.24) is 10.2 Å². The van der Waals surface area contributed by atoms with Gasteiger partial charge in [0.05, 0.1) is 12.0 Å². The molecule has 0 heterocycles. The SMILES string of the molecule is CCCCNC(=O)C(C)N(C)CC(C)C(=O)O. The van der Waals surface area contributed by atoms with Crippen molar-refractivity contribution in [2.24, 2.45) is 5.92 Å². The molecule has 1 amide bonds.